The number of rotatable bonds is 5. The van der Waals surface area contributed by atoms with Gasteiger partial charge in [0.2, 0.25) is 0 Å². The van der Waals surface area contributed by atoms with Gasteiger partial charge in [-0.15, -0.1) is 0 Å². The highest BCUT2D eigenvalue weighted by atomic mass is 35.5. The molecule has 3 N–H and O–H groups in total. The Balaban J connectivity index is 1.60. The van der Waals surface area contributed by atoms with Crippen LogP contribution in [0.2, 0.25) is 5.02 Å². The summed E-state index contributed by atoms with van der Waals surface area (Å²) < 4.78 is 5.82. The number of carbonyl (C=O) groups is 1. The highest BCUT2D eigenvalue weighted by Gasteiger charge is 2.29. The van der Waals surface area contributed by atoms with E-state index in [4.69, 9.17) is 22.1 Å². The summed E-state index contributed by atoms with van der Waals surface area (Å²) in [5.41, 5.74) is 8.06. The first-order valence-corrected chi connectivity index (χ1v) is 8.87. The van der Waals surface area contributed by atoms with Crippen LogP contribution < -0.4 is 5.73 Å². The normalized spacial score (nSPS) is 23.4. The molecule has 0 heterocycles. The minimum Gasteiger partial charge on any atom is -0.389 e. The Kier molecular flexibility index (Phi) is 5.86. The lowest BCUT2D eigenvalue weighted by Crippen LogP contribution is -2.47. The molecule has 1 saturated carbocycles. The summed E-state index contributed by atoms with van der Waals surface area (Å²) in [6.07, 6.45) is 1.79. The van der Waals surface area contributed by atoms with Crippen molar-refractivity contribution in [3.05, 3.63) is 70.2 Å². The smallest absolute Gasteiger partial charge is 0.193 e. The molecular formula is C20H22ClNO3. The van der Waals surface area contributed by atoms with Gasteiger partial charge in [-0.2, -0.15) is 0 Å². The van der Waals surface area contributed by atoms with Gasteiger partial charge in [-0.1, -0.05) is 35.9 Å². The Morgan fingerprint density at radius 1 is 1.08 bits per heavy atom. The van der Waals surface area contributed by atoms with Gasteiger partial charge in [-0.3, -0.25) is 4.79 Å². The summed E-state index contributed by atoms with van der Waals surface area (Å²) in [6, 6.07) is 14.0. The van der Waals surface area contributed by atoms with Crippen molar-refractivity contribution in [1.29, 1.82) is 0 Å². The maximum Gasteiger partial charge on any atom is 0.193 e. The van der Waals surface area contributed by atoms with Gasteiger partial charge in [-0.25, -0.2) is 0 Å². The topological polar surface area (TPSA) is 72.5 Å². The molecule has 0 bridgehead atoms. The number of nitrogens with two attached hydrogens (primary N) is 1. The summed E-state index contributed by atoms with van der Waals surface area (Å²) in [5.74, 6) is -0.0437. The monoisotopic (exact) mass is 359 g/mol. The second-order valence-electron chi connectivity index (χ2n) is 6.47. The van der Waals surface area contributed by atoms with Crippen LogP contribution in [0, 0.1) is 0 Å². The first-order valence-electron chi connectivity index (χ1n) is 8.49. The van der Waals surface area contributed by atoms with Crippen LogP contribution in [0.4, 0.5) is 0 Å². The third kappa shape index (κ3) is 4.47. The third-order valence-electron chi connectivity index (χ3n) is 4.63. The van der Waals surface area contributed by atoms with E-state index in [1.807, 2.05) is 12.1 Å². The van der Waals surface area contributed by atoms with Gasteiger partial charge in [-0.05, 0) is 49.1 Å². The predicted molar refractivity (Wildman–Crippen MR) is 97.7 cm³/mol. The van der Waals surface area contributed by atoms with E-state index in [0.29, 0.717) is 22.8 Å². The Hall–Kier alpha value is -1.72. The fourth-order valence-electron chi connectivity index (χ4n) is 3.08. The molecule has 2 aromatic carbocycles. The maximum atomic E-state index is 12.4. The van der Waals surface area contributed by atoms with Crippen molar-refractivity contribution >= 4 is 17.4 Å². The molecule has 1 fully saturated rings. The SMILES string of the molecule is N[C@H]1CCC[C@H](OCc2ccc(C(=O)c3ccc(Cl)cc3)cc2)[C@@H]1O. The van der Waals surface area contributed by atoms with Crippen LogP contribution in [0.5, 0.6) is 0 Å². The number of benzene rings is 2. The van der Waals surface area contributed by atoms with Gasteiger partial charge in [0.1, 0.15) is 0 Å². The van der Waals surface area contributed by atoms with Crippen LogP contribution in [-0.4, -0.2) is 29.1 Å². The van der Waals surface area contributed by atoms with Crippen molar-refractivity contribution in [2.24, 2.45) is 5.73 Å². The highest BCUT2D eigenvalue weighted by Crippen LogP contribution is 2.22. The molecule has 4 nitrogen and oxygen atoms in total. The molecule has 0 aromatic heterocycles. The van der Waals surface area contributed by atoms with Gasteiger partial charge in [0.25, 0.3) is 0 Å². The van der Waals surface area contributed by atoms with E-state index in [0.717, 1.165) is 24.8 Å². The summed E-state index contributed by atoms with van der Waals surface area (Å²) in [4.78, 5) is 12.4. The Morgan fingerprint density at radius 2 is 1.68 bits per heavy atom. The van der Waals surface area contributed by atoms with Gasteiger partial charge in [0, 0.05) is 22.2 Å². The van der Waals surface area contributed by atoms with Gasteiger partial charge >= 0.3 is 0 Å². The first kappa shape index (κ1) is 18.1. The van der Waals surface area contributed by atoms with Crippen molar-refractivity contribution in [1.82, 2.24) is 0 Å². The van der Waals surface area contributed by atoms with E-state index in [1.165, 1.54) is 0 Å². The molecule has 0 saturated heterocycles. The molecular weight excluding hydrogens is 338 g/mol. The number of hydrogen-bond donors (Lipinski definition) is 2. The molecule has 0 radical (unpaired) electrons. The zero-order valence-electron chi connectivity index (χ0n) is 13.9. The molecule has 5 heteroatoms. The lowest BCUT2D eigenvalue weighted by Gasteiger charge is -2.32. The van der Waals surface area contributed by atoms with E-state index >= 15 is 0 Å². The van der Waals surface area contributed by atoms with Gasteiger partial charge in [0.05, 0.1) is 18.8 Å². The second kappa shape index (κ2) is 8.11. The van der Waals surface area contributed by atoms with Crippen LogP contribution in [0.25, 0.3) is 0 Å². The van der Waals surface area contributed by atoms with Crippen molar-refractivity contribution in [3.63, 3.8) is 0 Å². The average Bonchev–Trinajstić information content (AvgIpc) is 2.63. The first-order chi connectivity index (χ1) is 12.0. The number of aliphatic hydroxyl groups is 1. The molecule has 1 aliphatic rings. The molecule has 3 rings (SSSR count). The Labute approximate surface area is 152 Å². The van der Waals surface area contributed by atoms with Gasteiger partial charge < -0.3 is 15.6 Å². The van der Waals surface area contributed by atoms with Gasteiger partial charge in [0.15, 0.2) is 5.78 Å². The molecule has 0 spiro atoms. The van der Waals surface area contributed by atoms with E-state index < -0.39 is 6.10 Å². The molecule has 0 aliphatic heterocycles. The number of hydrogen-bond acceptors (Lipinski definition) is 4. The summed E-state index contributed by atoms with van der Waals surface area (Å²) in [6.45, 7) is 0.393. The molecule has 1 aliphatic carbocycles. The van der Waals surface area contributed by atoms with E-state index in [9.17, 15) is 9.90 Å². The lowest BCUT2D eigenvalue weighted by atomic mass is 9.90. The number of ether oxygens (including phenoxy) is 1. The van der Waals surface area contributed by atoms with Crippen molar-refractivity contribution in [2.75, 3.05) is 0 Å². The van der Waals surface area contributed by atoms with E-state index in [-0.39, 0.29) is 17.9 Å². The summed E-state index contributed by atoms with van der Waals surface area (Å²) in [5, 5.41) is 10.7. The van der Waals surface area contributed by atoms with Crippen LogP contribution in [0.15, 0.2) is 48.5 Å². The third-order valence-corrected chi connectivity index (χ3v) is 4.88. The number of carbonyl (C=O) groups excluding carboxylic acids is 1. The number of halogens is 1. The minimum atomic E-state index is -0.612. The molecule has 2 aromatic rings. The van der Waals surface area contributed by atoms with Crippen molar-refractivity contribution < 1.29 is 14.6 Å². The molecule has 3 atom stereocenters. The highest BCUT2D eigenvalue weighted by molar-refractivity contribution is 6.30. The van der Waals surface area contributed by atoms with Crippen LogP contribution >= 0.6 is 11.6 Å². The molecule has 25 heavy (non-hydrogen) atoms. The van der Waals surface area contributed by atoms with Crippen LogP contribution in [0.1, 0.15) is 40.7 Å². The van der Waals surface area contributed by atoms with Crippen LogP contribution in [0.3, 0.4) is 0 Å². The zero-order chi connectivity index (χ0) is 17.8. The molecule has 0 amide bonds. The molecule has 0 unspecified atom stereocenters. The molecule has 132 valence electrons. The Bertz CT molecular complexity index is 715. The second-order valence-corrected chi connectivity index (χ2v) is 6.90. The number of ketones is 1. The van der Waals surface area contributed by atoms with Crippen molar-refractivity contribution in [2.45, 2.75) is 44.1 Å². The maximum absolute atomic E-state index is 12.4. The lowest BCUT2D eigenvalue weighted by molar-refractivity contribution is -0.0740. The van der Waals surface area contributed by atoms with E-state index in [1.54, 1.807) is 36.4 Å². The number of aliphatic hydroxyl groups excluding tert-OH is 1. The predicted octanol–water partition coefficient (Wildman–Crippen LogP) is 3.33. The fourth-order valence-corrected chi connectivity index (χ4v) is 3.20. The standard InChI is InChI=1S/C20H22ClNO3/c21-16-10-8-15(9-11-16)19(23)14-6-4-13(5-7-14)12-25-18-3-1-2-17(22)20(18)24/h4-11,17-18,20,24H,1-3,12,22H2/t17-,18-,20+/m0/s1. The summed E-state index contributed by atoms with van der Waals surface area (Å²) >= 11 is 5.85. The van der Waals surface area contributed by atoms with E-state index in [2.05, 4.69) is 0 Å². The minimum absolute atomic E-state index is 0.0437. The average molecular weight is 360 g/mol. The fraction of sp³-hybridized carbons (Fsp3) is 0.350. The van der Waals surface area contributed by atoms with Crippen LogP contribution in [-0.2, 0) is 11.3 Å². The zero-order valence-corrected chi connectivity index (χ0v) is 14.7. The summed E-state index contributed by atoms with van der Waals surface area (Å²) in [7, 11) is 0. The van der Waals surface area contributed by atoms with Crippen molar-refractivity contribution in [3.8, 4) is 0 Å². The largest absolute Gasteiger partial charge is 0.389 e. The quantitative estimate of drug-likeness (QED) is 0.803. The Morgan fingerprint density at radius 3 is 2.32 bits per heavy atom.